The molecule has 1 heterocycles. The van der Waals surface area contributed by atoms with E-state index < -0.39 is 0 Å². The molecular weight excluding hydrogens is 352 g/mol. The summed E-state index contributed by atoms with van der Waals surface area (Å²) in [6.07, 6.45) is 0. The minimum atomic E-state index is 0.540. The minimum absolute atomic E-state index is 0.540. The van der Waals surface area contributed by atoms with Crippen molar-refractivity contribution in [3.8, 4) is 16.5 Å². The van der Waals surface area contributed by atoms with E-state index in [0.29, 0.717) is 10.6 Å². The second-order valence-electron chi connectivity index (χ2n) is 3.17. The van der Waals surface area contributed by atoms with Crippen molar-refractivity contribution in [3.05, 3.63) is 38.1 Å². The first-order valence-corrected chi connectivity index (χ1v) is 6.76. The van der Waals surface area contributed by atoms with Gasteiger partial charge < -0.3 is 5.73 Å². The SMILES string of the molecule is N#Cc1sc(-c2cc(Br)cc(Br)c2)cc1N. The predicted molar refractivity (Wildman–Crippen MR) is 74.3 cm³/mol. The van der Waals surface area contributed by atoms with E-state index in [1.54, 1.807) is 0 Å². The van der Waals surface area contributed by atoms with Crippen molar-refractivity contribution in [1.82, 2.24) is 0 Å². The van der Waals surface area contributed by atoms with Crippen LogP contribution in [-0.4, -0.2) is 0 Å². The van der Waals surface area contributed by atoms with Crippen LogP contribution in [0.25, 0.3) is 10.4 Å². The highest BCUT2D eigenvalue weighted by Crippen LogP contribution is 2.35. The molecule has 0 atom stereocenters. The first-order valence-electron chi connectivity index (χ1n) is 4.36. The first-order chi connectivity index (χ1) is 7.60. The third-order valence-corrected chi connectivity index (χ3v) is 4.03. The summed E-state index contributed by atoms with van der Waals surface area (Å²) < 4.78 is 1.98. The number of hydrogen-bond acceptors (Lipinski definition) is 3. The molecule has 0 saturated carbocycles. The van der Waals surface area contributed by atoms with Crippen LogP contribution in [0.1, 0.15) is 4.88 Å². The lowest BCUT2D eigenvalue weighted by atomic mass is 10.2. The highest BCUT2D eigenvalue weighted by atomic mass is 79.9. The van der Waals surface area contributed by atoms with Crippen LogP contribution in [0.4, 0.5) is 5.69 Å². The van der Waals surface area contributed by atoms with Crippen LogP contribution in [0.2, 0.25) is 0 Å². The lowest BCUT2D eigenvalue weighted by Crippen LogP contribution is -1.81. The Morgan fingerprint density at radius 1 is 1.12 bits per heavy atom. The van der Waals surface area contributed by atoms with Crippen LogP contribution < -0.4 is 5.73 Å². The van der Waals surface area contributed by atoms with E-state index in [0.717, 1.165) is 19.4 Å². The Kier molecular flexibility index (Phi) is 3.33. The molecule has 1 aromatic carbocycles. The molecule has 0 radical (unpaired) electrons. The Labute approximate surface area is 114 Å². The molecule has 2 aromatic rings. The third-order valence-electron chi connectivity index (χ3n) is 2.01. The summed E-state index contributed by atoms with van der Waals surface area (Å²) in [5.41, 5.74) is 7.31. The zero-order chi connectivity index (χ0) is 11.7. The molecule has 0 bridgehead atoms. The summed E-state index contributed by atoms with van der Waals surface area (Å²) in [4.78, 5) is 1.56. The Morgan fingerprint density at radius 2 is 1.75 bits per heavy atom. The zero-order valence-electron chi connectivity index (χ0n) is 8.00. The van der Waals surface area contributed by atoms with Gasteiger partial charge in [0.2, 0.25) is 0 Å². The Bertz CT molecular complexity index is 564. The van der Waals surface area contributed by atoms with Gasteiger partial charge in [0, 0.05) is 13.8 Å². The Morgan fingerprint density at radius 3 is 2.25 bits per heavy atom. The van der Waals surface area contributed by atoms with Gasteiger partial charge in [0.25, 0.3) is 0 Å². The average Bonchev–Trinajstić information content (AvgIpc) is 2.58. The fraction of sp³-hybridized carbons (Fsp3) is 0. The molecule has 5 heteroatoms. The molecule has 0 aliphatic carbocycles. The summed E-state index contributed by atoms with van der Waals surface area (Å²) in [6.45, 7) is 0. The van der Waals surface area contributed by atoms with E-state index in [1.807, 2.05) is 24.3 Å². The number of rotatable bonds is 1. The van der Waals surface area contributed by atoms with E-state index in [9.17, 15) is 0 Å². The zero-order valence-corrected chi connectivity index (χ0v) is 12.0. The number of hydrogen-bond donors (Lipinski definition) is 1. The van der Waals surface area contributed by atoms with Gasteiger partial charge >= 0.3 is 0 Å². The molecule has 0 aliphatic heterocycles. The maximum Gasteiger partial charge on any atom is 0.128 e. The Hall–Kier alpha value is -0.830. The molecule has 2 rings (SSSR count). The quantitative estimate of drug-likeness (QED) is 0.822. The fourth-order valence-corrected chi connectivity index (χ4v) is 3.49. The van der Waals surface area contributed by atoms with E-state index in [2.05, 4.69) is 37.9 Å². The molecule has 2 nitrogen and oxygen atoms in total. The second-order valence-corrected chi connectivity index (χ2v) is 6.05. The summed E-state index contributed by atoms with van der Waals surface area (Å²) in [5.74, 6) is 0. The fourth-order valence-electron chi connectivity index (χ4n) is 1.33. The molecule has 80 valence electrons. The number of thiophene rings is 1. The standard InChI is InChI=1S/C11H6Br2N2S/c12-7-1-6(2-8(13)3-7)10-4-9(15)11(5-14)16-10/h1-4H,15H2. The van der Waals surface area contributed by atoms with Crippen LogP contribution in [0, 0.1) is 11.3 Å². The van der Waals surface area contributed by atoms with E-state index in [-0.39, 0.29) is 0 Å². The van der Waals surface area contributed by atoms with Gasteiger partial charge in [0.1, 0.15) is 10.9 Å². The number of nitrogens with two attached hydrogens (primary N) is 1. The normalized spacial score (nSPS) is 10.1. The highest BCUT2D eigenvalue weighted by molar-refractivity contribution is 9.11. The smallest absolute Gasteiger partial charge is 0.128 e. The number of nitriles is 1. The summed E-state index contributed by atoms with van der Waals surface area (Å²) in [5, 5.41) is 8.85. The molecule has 0 saturated heterocycles. The van der Waals surface area contributed by atoms with Crippen LogP contribution in [0.15, 0.2) is 33.2 Å². The molecule has 1 aromatic heterocycles. The van der Waals surface area contributed by atoms with Crippen molar-refractivity contribution in [3.63, 3.8) is 0 Å². The number of benzene rings is 1. The molecule has 16 heavy (non-hydrogen) atoms. The van der Waals surface area contributed by atoms with Crippen molar-refractivity contribution < 1.29 is 0 Å². The molecule has 0 unspecified atom stereocenters. The van der Waals surface area contributed by atoms with Crippen molar-refractivity contribution in [1.29, 1.82) is 5.26 Å². The number of halogens is 2. The van der Waals surface area contributed by atoms with Gasteiger partial charge in [-0.3, -0.25) is 0 Å². The van der Waals surface area contributed by atoms with Crippen LogP contribution in [0.3, 0.4) is 0 Å². The number of anilines is 1. The van der Waals surface area contributed by atoms with E-state index in [4.69, 9.17) is 11.0 Å². The largest absolute Gasteiger partial charge is 0.397 e. The maximum atomic E-state index is 8.85. The van der Waals surface area contributed by atoms with Crippen LogP contribution in [0.5, 0.6) is 0 Å². The van der Waals surface area contributed by atoms with Gasteiger partial charge in [-0.25, -0.2) is 0 Å². The van der Waals surface area contributed by atoms with Crippen molar-refractivity contribution in [2.24, 2.45) is 0 Å². The monoisotopic (exact) mass is 356 g/mol. The van der Waals surface area contributed by atoms with Crippen molar-refractivity contribution in [2.45, 2.75) is 0 Å². The molecule has 0 spiro atoms. The van der Waals surface area contributed by atoms with Crippen molar-refractivity contribution in [2.75, 3.05) is 5.73 Å². The molecule has 0 fully saturated rings. The third kappa shape index (κ3) is 2.29. The minimum Gasteiger partial charge on any atom is -0.397 e. The molecular formula is C11H6Br2N2S. The van der Waals surface area contributed by atoms with E-state index in [1.165, 1.54) is 11.3 Å². The van der Waals surface area contributed by atoms with Gasteiger partial charge in [-0.05, 0) is 29.8 Å². The predicted octanol–water partition coefficient (Wildman–Crippen LogP) is 4.39. The van der Waals surface area contributed by atoms with E-state index >= 15 is 0 Å². The maximum absolute atomic E-state index is 8.85. The lowest BCUT2D eigenvalue weighted by molar-refractivity contribution is 1.52. The summed E-state index contributed by atoms with van der Waals surface area (Å²) >= 11 is 8.26. The van der Waals surface area contributed by atoms with Gasteiger partial charge in [-0.15, -0.1) is 11.3 Å². The topological polar surface area (TPSA) is 49.8 Å². The Balaban J connectivity index is 2.55. The summed E-state index contributed by atoms with van der Waals surface area (Å²) in [7, 11) is 0. The lowest BCUT2D eigenvalue weighted by Gasteiger charge is -1.99. The summed E-state index contributed by atoms with van der Waals surface area (Å²) in [6, 6.07) is 9.87. The van der Waals surface area contributed by atoms with Crippen molar-refractivity contribution >= 4 is 48.9 Å². The number of nitrogens with zero attached hydrogens (tertiary/aromatic N) is 1. The number of nitrogen functional groups attached to an aromatic ring is 1. The average molecular weight is 358 g/mol. The molecule has 2 N–H and O–H groups in total. The van der Waals surface area contributed by atoms with Crippen LogP contribution in [-0.2, 0) is 0 Å². The second kappa shape index (κ2) is 4.58. The van der Waals surface area contributed by atoms with Gasteiger partial charge in [0.05, 0.1) is 5.69 Å². The molecule has 0 amide bonds. The van der Waals surface area contributed by atoms with Crippen LogP contribution >= 0.6 is 43.2 Å². The van der Waals surface area contributed by atoms with Gasteiger partial charge in [-0.2, -0.15) is 5.26 Å². The van der Waals surface area contributed by atoms with Gasteiger partial charge in [-0.1, -0.05) is 31.9 Å². The molecule has 0 aliphatic rings. The first kappa shape index (κ1) is 11.6. The van der Waals surface area contributed by atoms with Gasteiger partial charge in [0.15, 0.2) is 0 Å². The highest BCUT2D eigenvalue weighted by Gasteiger charge is 2.08.